The molecule has 0 saturated carbocycles. The van der Waals surface area contributed by atoms with Crippen molar-refractivity contribution in [1.82, 2.24) is 15.2 Å². The van der Waals surface area contributed by atoms with Crippen LogP contribution in [-0.2, 0) is 22.6 Å². The molecule has 3 rings (SSSR count). The molecule has 2 aromatic carbocycles. The topological polar surface area (TPSA) is 152 Å². The van der Waals surface area contributed by atoms with E-state index in [1.807, 2.05) is 28.8 Å². The summed E-state index contributed by atoms with van der Waals surface area (Å²) in [6.45, 7) is 0.927. The summed E-state index contributed by atoms with van der Waals surface area (Å²) in [5.74, 6) is -0.975. The number of aromatic hydroxyl groups is 1. The second-order valence-electron chi connectivity index (χ2n) is 8.22. The number of carbonyl (C=O) groups is 3. The maximum Gasteiger partial charge on any atom is 0.268 e. The summed E-state index contributed by atoms with van der Waals surface area (Å²) >= 11 is 0. The van der Waals surface area contributed by atoms with Crippen molar-refractivity contribution in [2.75, 3.05) is 13.1 Å². The molecule has 34 heavy (non-hydrogen) atoms. The minimum Gasteiger partial charge on any atom is -0.508 e. The van der Waals surface area contributed by atoms with Crippen LogP contribution in [0.15, 0.2) is 54.6 Å². The molecule has 1 heterocycles. The minimum absolute atomic E-state index is 0.174. The van der Waals surface area contributed by atoms with Gasteiger partial charge in [0.1, 0.15) is 11.4 Å². The van der Waals surface area contributed by atoms with Crippen molar-refractivity contribution >= 4 is 28.6 Å². The van der Waals surface area contributed by atoms with E-state index in [2.05, 4.69) is 10.6 Å². The second-order valence-corrected chi connectivity index (χ2v) is 8.22. The zero-order chi connectivity index (χ0) is 24.5. The van der Waals surface area contributed by atoms with E-state index < -0.39 is 11.9 Å². The fraction of sp³-hybridized carbons (Fsp3) is 0.320. The predicted molar refractivity (Wildman–Crippen MR) is 130 cm³/mol. The smallest absolute Gasteiger partial charge is 0.268 e. The number of nitrogens with one attached hydrogen (secondary N) is 2. The Morgan fingerprint density at radius 2 is 1.71 bits per heavy atom. The number of aryl methyl sites for hydroxylation is 1. The average molecular weight is 466 g/mol. The number of unbranched alkanes of at least 4 members (excludes halogenated alkanes) is 2. The molecule has 0 bridgehead atoms. The van der Waals surface area contributed by atoms with Crippen molar-refractivity contribution in [3.05, 3.63) is 65.9 Å². The molecule has 3 amide bonds. The van der Waals surface area contributed by atoms with Gasteiger partial charge in [-0.25, -0.2) is 0 Å². The predicted octanol–water partition coefficient (Wildman–Crippen LogP) is 1.42. The quantitative estimate of drug-likeness (QED) is 0.256. The van der Waals surface area contributed by atoms with Crippen molar-refractivity contribution < 1.29 is 19.5 Å². The Morgan fingerprint density at radius 1 is 0.971 bits per heavy atom. The standard InChI is InChI=1S/C25H31N5O4/c26-20(14-17-8-10-19(31)11-9-17)24(33)28-12-4-1-5-13-30-21-7-3-2-6-18(21)15-22(30)25(34)29-16-23(27)32/h2-3,6-11,15,20,31H,1,4-5,12-14,16,26H2,(H2,27,32)(H,28,33)(H,29,34)/t20-/m1/s1. The fourth-order valence-corrected chi connectivity index (χ4v) is 3.79. The number of phenolic OH excluding ortho intramolecular Hbond substituents is 1. The van der Waals surface area contributed by atoms with E-state index >= 15 is 0 Å². The van der Waals surface area contributed by atoms with Gasteiger partial charge in [0.25, 0.3) is 5.91 Å². The molecule has 0 aliphatic heterocycles. The van der Waals surface area contributed by atoms with E-state index in [0.29, 0.717) is 25.2 Å². The van der Waals surface area contributed by atoms with Gasteiger partial charge in [-0.3, -0.25) is 14.4 Å². The van der Waals surface area contributed by atoms with Crippen molar-refractivity contribution in [2.24, 2.45) is 11.5 Å². The third-order valence-electron chi connectivity index (χ3n) is 5.55. The first kappa shape index (κ1) is 24.8. The lowest BCUT2D eigenvalue weighted by Gasteiger charge is -2.13. The van der Waals surface area contributed by atoms with Crippen LogP contribution < -0.4 is 22.1 Å². The van der Waals surface area contributed by atoms with Gasteiger partial charge >= 0.3 is 0 Å². The van der Waals surface area contributed by atoms with Crippen molar-refractivity contribution in [3.63, 3.8) is 0 Å². The van der Waals surface area contributed by atoms with Gasteiger partial charge in [0, 0.05) is 24.0 Å². The second kappa shape index (κ2) is 11.9. The van der Waals surface area contributed by atoms with E-state index in [4.69, 9.17) is 11.5 Å². The molecule has 0 spiro atoms. The van der Waals surface area contributed by atoms with E-state index in [1.165, 1.54) is 0 Å². The summed E-state index contributed by atoms with van der Waals surface area (Å²) in [5.41, 5.74) is 13.4. The van der Waals surface area contributed by atoms with Gasteiger partial charge in [-0.1, -0.05) is 30.3 Å². The molecule has 0 fully saturated rings. The number of amides is 3. The summed E-state index contributed by atoms with van der Waals surface area (Å²) in [5, 5.41) is 15.7. The van der Waals surface area contributed by atoms with E-state index in [-0.39, 0.29) is 24.1 Å². The lowest BCUT2D eigenvalue weighted by Crippen LogP contribution is -2.42. The Balaban J connectivity index is 1.46. The van der Waals surface area contributed by atoms with Crippen LogP contribution in [-0.4, -0.2) is 46.5 Å². The van der Waals surface area contributed by atoms with Crippen LogP contribution in [0.5, 0.6) is 5.75 Å². The molecule has 7 N–H and O–H groups in total. The summed E-state index contributed by atoms with van der Waals surface area (Å²) in [4.78, 5) is 35.8. The molecule has 0 aliphatic carbocycles. The van der Waals surface area contributed by atoms with E-state index in [0.717, 1.165) is 35.7 Å². The van der Waals surface area contributed by atoms with Gasteiger partial charge < -0.3 is 31.8 Å². The highest BCUT2D eigenvalue weighted by Crippen LogP contribution is 2.21. The lowest BCUT2D eigenvalue weighted by molar-refractivity contribution is -0.122. The first-order chi connectivity index (χ1) is 16.3. The Morgan fingerprint density at radius 3 is 2.44 bits per heavy atom. The summed E-state index contributed by atoms with van der Waals surface area (Å²) in [6.07, 6.45) is 2.83. The molecule has 1 atom stereocenters. The molecule has 0 saturated heterocycles. The third-order valence-corrected chi connectivity index (χ3v) is 5.55. The number of rotatable bonds is 12. The largest absolute Gasteiger partial charge is 0.508 e. The molecular weight excluding hydrogens is 434 g/mol. The fourth-order valence-electron chi connectivity index (χ4n) is 3.79. The Labute approximate surface area is 198 Å². The maximum absolute atomic E-state index is 12.5. The first-order valence-electron chi connectivity index (χ1n) is 11.3. The molecule has 0 radical (unpaired) electrons. The molecule has 9 nitrogen and oxygen atoms in total. The SMILES string of the molecule is NC(=O)CNC(=O)c1cc2ccccc2n1CCCCCNC(=O)[C@H](N)Cc1ccc(O)cc1. The maximum atomic E-state index is 12.5. The number of fused-ring (bicyclic) bond motifs is 1. The van der Waals surface area contributed by atoms with Crippen LogP contribution in [0, 0.1) is 0 Å². The summed E-state index contributed by atoms with van der Waals surface area (Å²) in [6, 6.07) is 15.5. The Bertz CT molecular complexity index is 1140. The lowest BCUT2D eigenvalue weighted by atomic mass is 10.1. The van der Waals surface area contributed by atoms with Crippen LogP contribution in [0.2, 0.25) is 0 Å². The number of nitrogens with zero attached hydrogens (tertiary/aromatic N) is 1. The number of para-hydroxylation sites is 1. The minimum atomic E-state index is -0.655. The number of carbonyl (C=O) groups excluding carboxylic acids is 3. The Kier molecular flexibility index (Phi) is 8.64. The zero-order valence-electron chi connectivity index (χ0n) is 19.0. The summed E-state index contributed by atoms with van der Waals surface area (Å²) < 4.78 is 1.94. The van der Waals surface area contributed by atoms with E-state index in [1.54, 1.807) is 30.3 Å². The number of primary amides is 1. The van der Waals surface area contributed by atoms with Crippen LogP contribution >= 0.6 is 0 Å². The number of aromatic nitrogens is 1. The summed E-state index contributed by atoms with van der Waals surface area (Å²) in [7, 11) is 0. The van der Waals surface area contributed by atoms with Gasteiger partial charge in [0.05, 0.1) is 12.6 Å². The highest BCUT2D eigenvalue weighted by molar-refractivity contribution is 6.00. The van der Waals surface area contributed by atoms with Crippen LogP contribution in [0.4, 0.5) is 0 Å². The first-order valence-corrected chi connectivity index (χ1v) is 11.3. The van der Waals surface area contributed by atoms with Gasteiger partial charge in [-0.2, -0.15) is 0 Å². The van der Waals surface area contributed by atoms with Crippen molar-refractivity contribution in [1.29, 1.82) is 0 Å². The van der Waals surface area contributed by atoms with Gasteiger partial charge in [0.15, 0.2) is 0 Å². The highest BCUT2D eigenvalue weighted by Gasteiger charge is 2.16. The number of phenols is 1. The molecule has 9 heteroatoms. The van der Waals surface area contributed by atoms with Gasteiger partial charge in [-0.15, -0.1) is 0 Å². The molecule has 180 valence electrons. The number of hydrogen-bond donors (Lipinski definition) is 5. The van der Waals surface area contributed by atoms with Crippen molar-refractivity contribution in [3.8, 4) is 5.75 Å². The van der Waals surface area contributed by atoms with Gasteiger partial charge in [0.2, 0.25) is 11.8 Å². The van der Waals surface area contributed by atoms with Crippen LogP contribution in [0.25, 0.3) is 10.9 Å². The molecule has 3 aromatic rings. The average Bonchev–Trinajstić information content (AvgIpc) is 3.19. The zero-order valence-corrected chi connectivity index (χ0v) is 19.0. The normalized spacial score (nSPS) is 11.8. The monoisotopic (exact) mass is 465 g/mol. The Hall–Kier alpha value is -3.85. The number of benzene rings is 2. The molecule has 0 aliphatic rings. The molecular formula is C25H31N5O4. The van der Waals surface area contributed by atoms with Crippen LogP contribution in [0.3, 0.4) is 0 Å². The third kappa shape index (κ3) is 6.82. The highest BCUT2D eigenvalue weighted by atomic mass is 16.3. The number of hydrogen-bond acceptors (Lipinski definition) is 5. The van der Waals surface area contributed by atoms with E-state index in [9.17, 15) is 19.5 Å². The molecule has 0 unspecified atom stereocenters. The van der Waals surface area contributed by atoms with Gasteiger partial charge in [-0.05, 0) is 55.5 Å². The molecule has 1 aromatic heterocycles. The number of nitrogens with two attached hydrogens (primary N) is 2. The van der Waals surface area contributed by atoms with Crippen molar-refractivity contribution in [2.45, 2.75) is 38.3 Å². The van der Waals surface area contributed by atoms with Crippen LogP contribution in [0.1, 0.15) is 35.3 Å².